The van der Waals surface area contributed by atoms with E-state index in [4.69, 9.17) is 5.84 Å². The SMILES string of the molecule is CCc1nnc(C)cc1C(Cc1c(Br)c(C)nn1C)NN. The maximum Gasteiger partial charge on any atom is 0.0738 e. The Hall–Kier alpha value is -1.31. The topological polar surface area (TPSA) is 81.7 Å². The molecule has 1 unspecified atom stereocenters. The third kappa shape index (κ3) is 3.30. The van der Waals surface area contributed by atoms with Gasteiger partial charge in [-0.2, -0.15) is 15.3 Å². The Bertz CT molecular complexity index is 637. The van der Waals surface area contributed by atoms with E-state index in [2.05, 4.69) is 43.6 Å². The third-order valence-electron chi connectivity index (χ3n) is 3.60. The fourth-order valence-corrected chi connectivity index (χ4v) is 2.96. The highest BCUT2D eigenvalue weighted by Gasteiger charge is 2.20. The van der Waals surface area contributed by atoms with Crippen molar-refractivity contribution in [1.82, 2.24) is 25.4 Å². The van der Waals surface area contributed by atoms with Crippen molar-refractivity contribution in [2.24, 2.45) is 12.9 Å². The van der Waals surface area contributed by atoms with Crippen molar-refractivity contribution in [2.45, 2.75) is 39.7 Å². The Morgan fingerprint density at radius 2 is 2.10 bits per heavy atom. The standard InChI is InChI=1S/C14H21BrN6/c1-5-11-10(6-8(2)18-19-11)12(17-16)7-13-14(15)9(3)20-21(13)4/h6,12,17H,5,7,16H2,1-4H3. The molecular weight excluding hydrogens is 332 g/mol. The minimum Gasteiger partial charge on any atom is -0.271 e. The zero-order valence-electron chi connectivity index (χ0n) is 12.8. The van der Waals surface area contributed by atoms with Gasteiger partial charge in [0.25, 0.3) is 0 Å². The van der Waals surface area contributed by atoms with Crippen molar-refractivity contribution in [2.75, 3.05) is 0 Å². The average molecular weight is 353 g/mol. The first kappa shape index (κ1) is 16.1. The summed E-state index contributed by atoms with van der Waals surface area (Å²) in [4.78, 5) is 0. The molecule has 2 heterocycles. The highest BCUT2D eigenvalue weighted by molar-refractivity contribution is 9.10. The van der Waals surface area contributed by atoms with Gasteiger partial charge in [-0.05, 0) is 47.8 Å². The Kier molecular flexibility index (Phi) is 5.08. The molecule has 0 fully saturated rings. The van der Waals surface area contributed by atoms with E-state index in [0.29, 0.717) is 0 Å². The van der Waals surface area contributed by atoms with Crippen LogP contribution < -0.4 is 11.3 Å². The molecule has 0 saturated carbocycles. The number of hydrogen-bond donors (Lipinski definition) is 2. The molecule has 2 aromatic heterocycles. The quantitative estimate of drug-likeness (QED) is 0.634. The number of nitrogens with two attached hydrogens (primary N) is 1. The molecule has 7 heteroatoms. The molecule has 2 aromatic rings. The fraction of sp³-hybridized carbons (Fsp3) is 0.500. The molecule has 21 heavy (non-hydrogen) atoms. The van der Waals surface area contributed by atoms with Gasteiger partial charge in [0.05, 0.1) is 33.3 Å². The summed E-state index contributed by atoms with van der Waals surface area (Å²) in [6.45, 7) is 5.99. The first-order valence-corrected chi connectivity index (χ1v) is 7.74. The number of rotatable bonds is 5. The number of hydrogen-bond acceptors (Lipinski definition) is 5. The van der Waals surface area contributed by atoms with Gasteiger partial charge in [-0.15, -0.1) is 0 Å². The van der Waals surface area contributed by atoms with Crippen molar-refractivity contribution < 1.29 is 0 Å². The van der Waals surface area contributed by atoms with Gasteiger partial charge in [-0.1, -0.05) is 6.92 Å². The smallest absolute Gasteiger partial charge is 0.0738 e. The number of halogens is 1. The van der Waals surface area contributed by atoms with Gasteiger partial charge < -0.3 is 0 Å². The van der Waals surface area contributed by atoms with Crippen molar-refractivity contribution in [3.63, 3.8) is 0 Å². The van der Waals surface area contributed by atoms with Crippen LogP contribution in [0.2, 0.25) is 0 Å². The molecule has 0 bridgehead atoms. The van der Waals surface area contributed by atoms with E-state index in [9.17, 15) is 0 Å². The number of nitrogens with one attached hydrogen (secondary N) is 1. The predicted molar refractivity (Wildman–Crippen MR) is 85.6 cm³/mol. The van der Waals surface area contributed by atoms with Gasteiger partial charge in [0.15, 0.2) is 0 Å². The van der Waals surface area contributed by atoms with Crippen LogP contribution in [-0.2, 0) is 19.9 Å². The van der Waals surface area contributed by atoms with Gasteiger partial charge in [0, 0.05) is 13.5 Å². The molecular formula is C14H21BrN6. The summed E-state index contributed by atoms with van der Waals surface area (Å²) >= 11 is 3.60. The molecule has 2 rings (SSSR count). The largest absolute Gasteiger partial charge is 0.271 e. The van der Waals surface area contributed by atoms with Crippen LogP contribution in [-0.4, -0.2) is 20.0 Å². The summed E-state index contributed by atoms with van der Waals surface area (Å²) in [6, 6.07) is 2.02. The molecule has 0 amide bonds. The van der Waals surface area contributed by atoms with E-state index >= 15 is 0 Å². The lowest BCUT2D eigenvalue weighted by molar-refractivity contribution is 0.521. The summed E-state index contributed by atoms with van der Waals surface area (Å²) in [7, 11) is 1.94. The van der Waals surface area contributed by atoms with E-state index in [-0.39, 0.29) is 6.04 Å². The van der Waals surface area contributed by atoms with Gasteiger partial charge in [0.1, 0.15) is 0 Å². The van der Waals surface area contributed by atoms with Gasteiger partial charge >= 0.3 is 0 Å². The second-order valence-electron chi connectivity index (χ2n) is 5.13. The number of nitrogens with zero attached hydrogens (tertiary/aromatic N) is 4. The summed E-state index contributed by atoms with van der Waals surface area (Å²) < 4.78 is 2.92. The minimum atomic E-state index is -0.0275. The van der Waals surface area contributed by atoms with Crippen LogP contribution in [0.5, 0.6) is 0 Å². The molecule has 114 valence electrons. The first-order chi connectivity index (χ1) is 9.97. The predicted octanol–water partition coefficient (Wildman–Crippen LogP) is 1.90. The van der Waals surface area contributed by atoms with Crippen LogP contribution in [0.15, 0.2) is 10.5 Å². The minimum absolute atomic E-state index is 0.0275. The summed E-state index contributed by atoms with van der Waals surface area (Å²) in [6.07, 6.45) is 1.55. The lowest BCUT2D eigenvalue weighted by Crippen LogP contribution is -2.31. The Morgan fingerprint density at radius 3 is 2.62 bits per heavy atom. The van der Waals surface area contributed by atoms with Gasteiger partial charge in [-0.25, -0.2) is 0 Å². The van der Waals surface area contributed by atoms with Crippen molar-refractivity contribution >= 4 is 15.9 Å². The molecule has 0 saturated heterocycles. The number of aryl methyl sites for hydroxylation is 4. The lowest BCUT2D eigenvalue weighted by Gasteiger charge is -2.19. The molecule has 0 spiro atoms. The van der Waals surface area contributed by atoms with Crippen LogP contribution in [0, 0.1) is 13.8 Å². The van der Waals surface area contributed by atoms with E-state index < -0.39 is 0 Å². The number of hydrazine groups is 1. The first-order valence-electron chi connectivity index (χ1n) is 6.95. The second-order valence-corrected chi connectivity index (χ2v) is 5.93. The maximum atomic E-state index is 5.79. The molecule has 0 aliphatic rings. The highest BCUT2D eigenvalue weighted by atomic mass is 79.9. The zero-order chi connectivity index (χ0) is 15.6. The van der Waals surface area contributed by atoms with Crippen molar-refractivity contribution in [3.8, 4) is 0 Å². The maximum absolute atomic E-state index is 5.79. The van der Waals surface area contributed by atoms with Gasteiger partial charge in [-0.3, -0.25) is 16.0 Å². The Morgan fingerprint density at radius 1 is 1.38 bits per heavy atom. The Balaban J connectivity index is 2.38. The monoisotopic (exact) mass is 352 g/mol. The van der Waals surface area contributed by atoms with E-state index in [0.717, 1.165) is 45.7 Å². The molecule has 3 N–H and O–H groups in total. The van der Waals surface area contributed by atoms with Crippen LogP contribution >= 0.6 is 15.9 Å². The van der Waals surface area contributed by atoms with Crippen LogP contribution in [0.4, 0.5) is 0 Å². The molecule has 0 aromatic carbocycles. The van der Waals surface area contributed by atoms with Crippen molar-refractivity contribution in [1.29, 1.82) is 0 Å². The normalized spacial score (nSPS) is 12.7. The van der Waals surface area contributed by atoms with Crippen LogP contribution in [0.3, 0.4) is 0 Å². The molecule has 1 atom stereocenters. The second kappa shape index (κ2) is 6.64. The Labute approximate surface area is 133 Å². The van der Waals surface area contributed by atoms with Crippen molar-refractivity contribution in [3.05, 3.63) is 38.9 Å². The number of aromatic nitrogens is 4. The summed E-state index contributed by atoms with van der Waals surface area (Å²) in [5.74, 6) is 5.79. The average Bonchev–Trinajstić information content (AvgIpc) is 2.70. The van der Waals surface area contributed by atoms with E-state index in [1.807, 2.05) is 31.6 Å². The molecule has 0 aliphatic carbocycles. The lowest BCUT2D eigenvalue weighted by atomic mass is 9.99. The summed E-state index contributed by atoms with van der Waals surface area (Å²) in [5.41, 5.74) is 7.94. The third-order valence-corrected chi connectivity index (χ3v) is 4.63. The molecule has 0 aliphatic heterocycles. The van der Waals surface area contributed by atoms with E-state index in [1.165, 1.54) is 0 Å². The van der Waals surface area contributed by atoms with Crippen LogP contribution in [0.25, 0.3) is 0 Å². The van der Waals surface area contributed by atoms with Gasteiger partial charge in [0.2, 0.25) is 0 Å². The molecule has 0 radical (unpaired) electrons. The zero-order valence-corrected chi connectivity index (χ0v) is 14.4. The summed E-state index contributed by atoms with van der Waals surface area (Å²) in [5, 5.41) is 12.8. The molecule has 6 nitrogen and oxygen atoms in total. The van der Waals surface area contributed by atoms with Crippen LogP contribution in [0.1, 0.15) is 41.3 Å². The van der Waals surface area contributed by atoms with E-state index in [1.54, 1.807) is 0 Å². The highest BCUT2D eigenvalue weighted by Crippen LogP contribution is 2.27. The fourth-order valence-electron chi connectivity index (χ4n) is 2.46.